The summed E-state index contributed by atoms with van der Waals surface area (Å²) in [6, 6.07) is 0. The Morgan fingerprint density at radius 2 is 1.82 bits per heavy atom. The zero-order valence-corrected chi connectivity index (χ0v) is 21.3. The summed E-state index contributed by atoms with van der Waals surface area (Å²) in [7, 11) is 0. The van der Waals surface area contributed by atoms with E-state index in [0.717, 1.165) is 57.0 Å². The average Bonchev–Trinajstić information content (AvgIpc) is 3.33. The largest absolute Gasteiger partial charge is 0.481 e. The Hall–Kier alpha value is -0.870. The average molecular weight is 463 g/mol. The van der Waals surface area contributed by atoms with Gasteiger partial charge in [0.05, 0.1) is 11.5 Å². The summed E-state index contributed by atoms with van der Waals surface area (Å²) in [5, 5.41) is 9.81. The molecule has 0 amide bonds. The number of unbranched alkanes of at least 4 members (excludes halogenated alkanes) is 8. The van der Waals surface area contributed by atoms with E-state index in [-0.39, 0.29) is 12.4 Å². The third kappa shape index (κ3) is 8.69. The molecule has 5 atom stereocenters. The van der Waals surface area contributed by atoms with Crippen molar-refractivity contribution in [3.8, 4) is 0 Å². The first kappa shape index (κ1) is 26.7. The Morgan fingerprint density at radius 1 is 1.00 bits per heavy atom. The summed E-state index contributed by atoms with van der Waals surface area (Å²) < 4.78 is 11.7. The van der Waals surface area contributed by atoms with E-state index in [1.165, 1.54) is 77.0 Å². The number of carboxylic acids is 1. The molecule has 0 spiro atoms. The molecule has 3 aliphatic rings. The summed E-state index contributed by atoms with van der Waals surface area (Å²) in [4.78, 5) is 11.9. The van der Waals surface area contributed by atoms with Gasteiger partial charge in [-0.15, -0.1) is 0 Å². The zero-order chi connectivity index (χ0) is 23.4. The maximum absolute atomic E-state index is 11.9. The molecule has 190 valence electrons. The van der Waals surface area contributed by atoms with E-state index < -0.39 is 11.4 Å². The predicted octanol–water partition coefficient (Wildman–Crippen LogP) is 8.05. The molecule has 2 aliphatic carbocycles. The fraction of sp³-hybridized carbons (Fsp3) is 0.897. The van der Waals surface area contributed by atoms with Crippen molar-refractivity contribution >= 4 is 5.97 Å². The molecular formula is C29H50O4. The maximum Gasteiger partial charge on any atom is 0.312 e. The highest BCUT2D eigenvalue weighted by atomic mass is 16.7. The van der Waals surface area contributed by atoms with Crippen molar-refractivity contribution in [2.75, 3.05) is 6.61 Å². The van der Waals surface area contributed by atoms with Gasteiger partial charge in [-0.3, -0.25) is 4.79 Å². The van der Waals surface area contributed by atoms with E-state index in [4.69, 9.17) is 9.47 Å². The van der Waals surface area contributed by atoms with Gasteiger partial charge in [-0.2, -0.15) is 0 Å². The second kappa shape index (κ2) is 14.5. The van der Waals surface area contributed by atoms with Crippen molar-refractivity contribution in [3.05, 3.63) is 12.2 Å². The van der Waals surface area contributed by atoms with Gasteiger partial charge in [0.1, 0.15) is 0 Å². The lowest BCUT2D eigenvalue weighted by Gasteiger charge is -2.24. The van der Waals surface area contributed by atoms with Crippen LogP contribution in [0.1, 0.15) is 129 Å². The van der Waals surface area contributed by atoms with Gasteiger partial charge < -0.3 is 14.6 Å². The summed E-state index contributed by atoms with van der Waals surface area (Å²) in [5.74, 6) is 0.960. The Labute approximate surface area is 202 Å². The number of rotatable bonds is 17. The Kier molecular flexibility index (Phi) is 11.8. The zero-order valence-electron chi connectivity index (χ0n) is 21.3. The van der Waals surface area contributed by atoms with Crippen LogP contribution in [0.15, 0.2) is 12.2 Å². The van der Waals surface area contributed by atoms with Crippen LogP contribution in [0.4, 0.5) is 0 Å². The first-order valence-corrected chi connectivity index (χ1v) is 14.3. The molecular weight excluding hydrogens is 412 g/mol. The molecule has 33 heavy (non-hydrogen) atoms. The van der Waals surface area contributed by atoms with Gasteiger partial charge in [0.15, 0.2) is 6.29 Å². The van der Waals surface area contributed by atoms with Gasteiger partial charge >= 0.3 is 5.97 Å². The third-order valence-electron chi connectivity index (χ3n) is 8.41. The first-order chi connectivity index (χ1) is 16.2. The van der Waals surface area contributed by atoms with Crippen LogP contribution in [0.25, 0.3) is 0 Å². The standard InChI is InChI=1S/C29H50O4/c1-2-3-4-5-6-7-8-10-16-24-18-15-19-25(24)17-11-9-13-21-29(28(30)31)23-26(29)33-27-20-12-14-22-32-27/h10,16,24-27H,2-9,11-15,17-23H2,1H3,(H,30,31)/b16-10+/t24-,25-,26?,27?,29?/m0/s1. The van der Waals surface area contributed by atoms with Crippen LogP contribution in [0.3, 0.4) is 0 Å². The van der Waals surface area contributed by atoms with Gasteiger partial charge in [-0.05, 0) is 76.0 Å². The van der Waals surface area contributed by atoms with Crippen molar-refractivity contribution in [2.24, 2.45) is 17.3 Å². The van der Waals surface area contributed by atoms with Gasteiger partial charge in [0.25, 0.3) is 0 Å². The normalized spacial score (nSPS) is 31.9. The number of allylic oxidation sites excluding steroid dienone is 2. The minimum Gasteiger partial charge on any atom is -0.481 e. The number of aliphatic carboxylic acids is 1. The van der Waals surface area contributed by atoms with Gasteiger partial charge in [0.2, 0.25) is 0 Å². The smallest absolute Gasteiger partial charge is 0.312 e. The molecule has 3 unspecified atom stereocenters. The van der Waals surface area contributed by atoms with Gasteiger partial charge in [-0.25, -0.2) is 0 Å². The van der Waals surface area contributed by atoms with Crippen LogP contribution >= 0.6 is 0 Å². The van der Waals surface area contributed by atoms with E-state index >= 15 is 0 Å². The number of hydrogen-bond donors (Lipinski definition) is 1. The Morgan fingerprint density at radius 3 is 2.61 bits per heavy atom. The highest BCUT2D eigenvalue weighted by Crippen LogP contribution is 2.53. The van der Waals surface area contributed by atoms with Crippen LogP contribution in [0.2, 0.25) is 0 Å². The molecule has 2 saturated carbocycles. The van der Waals surface area contributed by atoms with E-state index in [1.54, 1.807) is 0 Å². The molecule has 1 N–H and O–H groups in total. The third-order valence-corrected chi connectivity index (χ3v) is 8.41. The van der Waals surface area contributed by atoms with Crippen LogP contribution in [-0.2, 0) is 14.3 Å². The van der Waals surface area contributed by atoms with Gasteiger partial charge in [-0.1, -0.05) is 76.9 Å². The summed E-state index contributed by atoms with van der Waals surface area (Å²) in [6.45, 7) is 3.02. The molecule has 0 radical (unpaired) electrons. The minimum absolute atomic E-state index is 0.144. The lowest BCUT2D eigenvalue weighted by Crippen LogP contribution is -2.28. The first-order valence-electron chi connectivity index (χ1n) is 14.3. The van der Waals surface area contributed by atoms with Crippen LogP contribution in [0.5, 0.6) is 0 Å². The van der Waals surface area contributed by atoms with Crippen molar-refractivity contribution in [3.63, 3.8) is 0 Å². The lowest BCUT2D eigenvalue weighted by atomic mass is 9.89. The molecule has 0 bridgehead atoms. The van der Waals surface area contributed by atoms with Crippen LogP contribution in [-0.4, -0.2) is 30.1 Å². The molecule has 1 saturated heterocycles. The van der Waals surface area contributed by atoms with Crippen molar-refractivity contribution < 1.29 is 19.4 Å². The van der Waals surface area contributed by atoms with E-state index in [1.807, 2.05) is 0 Å². The molecule has 0 aromatic carbocycles. The predicted molar refractivity (Wildman–Crippen MR) is 134 cm³/mol. The monoisotopic (exact) mass is 462 g/mol. The molecule has 4 nitrogen and oxygen atoms in total. The van der Waals surface area contributed by atoms with Gasteiger partial charge in [0, 0.05) is 6.61 Å². The summed E-state index contributed by atoms with van der Waals surface area (Å²) >= 11 is 0. The van der Waals surface area contributed by atoms with E-state index in [0.29, 0.717) is 6.42 Å². The number of carboxylic acid groups (broad SMARTS) is 1. The Bertz CT molecular complexity index is 582. The molecule has 3 fully saturated rings. The van der Waals surface area contributed by atoms with Crippen LogP contribution in [0, 0.1) is 17.3 Å². The number of hydrogen-bond acceptors (Lipinski definition) is 3. The topological polar surface area (TPSA) is 55.8 Å². The number of ether oxygens (including phenoxy) is 2. The maximum atomic E-state index is 11.9. The minimum atomic E-state index is -0.672. The fourth-order valence-corrected chi connectivity index (χ4v) is 6.06. The lowest BCUT2D eigenvalue weighted by molar-refractivity contribution is -0.179. The molecule has 0 aromatic heterocycles. The number of carbonyl (C=O) groups is 1. The summed E-state index contributed by atoms with van der Waals surface area (Å²) in [5.41, 5.74) is -0.643. The highest BCUT2D eigenvalue weighted by Gasteiger charge is 2.61. The van der Waals surface area contributed by atoms with Crippen LogP contribution < -0.4 is 0 Å². The molecule has 1 aliphatic heterocycles. The quantitative estimate of drug-likeness (QED) is 0.175. The van der Waals surface area contributed by atoms with E-state index in [9.17, 15) is 9.90 Å². The second-order valence-corrected chi connectivity index (χ2v) is 11.0. The van der Waals surface area contributed by atoms with Crippen molar-refractivity contribution in [1.29, 1.82) is 0 Å². The Balaban J connectivity index is 1.26. The summed E-state index contributed by atoms with van der Waals surface area (Å²) in [6.07, 6.45) is 27.5. The molecule has 1 heterocycles. The second-order valence-electron chi connectivity index (χ2n) is 11.0. The molecule has 3 rings (SSSR count). The van der Waals surface area contributed by atoms with Crippen molar-refractivity contribution in [2.45, 2.75) is 141 Å². The van der Waals surface area contributed by atoms with E-state index in [2.05, 4.69) is 19.1 Å². The molecule has 4 heteroatoms. The van der Waals surface area contributed by atoms with Crippen molar-refractivity contribution in [1.82, 2.24) is 0 Å². The fourth-order valence-electron chi connectivity index (χ4n) is 6.06. The SMILES string of the molecule is CCCCCCCC/C=C/[C@H]1CCC[C@@H]1CCCCCC1(C(=O)O)CC1OC1CCCCO1. The highest BCUT2D eigenvalue weighted by molar-refractivity contribution is 5.79. The molecule has 0 aromatic rings.